The van der Waals surface area contributed by atoms with Crippen molar-refractivity contribution >= 4 is 17.9 Å². The Labute approximate surface area is 332 Å². The maximum absolute atomic E-state index is 12.5. The van der Waals surface area contributed by atoms with Crippen LogP contribution in [0, 0.1) is 0 Å². The molecule has 0 heterocycles. The summed E-state index contributed by atoms with van der Waals surface area (Å²) >= 11 is 0. The predicted molar refractivity (Wildman–Crippen MR) is 222 cm³/mol. The number of hydrogen-bond donors (Lipinski definition) is 0. The number of quaternary nitrogens is 1. The molecule has 0 N–H and O–H groups in total. The number of esters is 2. The molecule has 0 fully saturated rings. The summed E-state index contributed by atoms with van der Waals surface area (Å²) in [6, 6.07) is -0.730. The summed E-state index contributed by atoms with van der Waals surface area (Å²) in [5.41, 5.74) is 0. The Balaban J connectivity index is 4.15. The molecule has 0 aromatic carbocycles. The van der Waals surface area contributed by atoms with Crippen molar-refractivity contribution in [3.8, 4) is 0 Å². The average Bonchev–Trinajstić information content (AvgIpc) is 3.12. The molecule has 0 aliphatic carbocycles. The minimum atomic E-state index is -1.13. The fourth-order valence-corrected chi connectivity index (χ4v) is 6.29. The second-order valence-corrected chi connectivity index (χ2v) is 15.9. The first-order valence-corrected chi connectivity index (χ1v) is 22.0. The highest BCUT2D eigenvalue weighted by molar-refractivity contribution is 5.70. The molecule has 0 aliphatic rings. The number of allylic oxidation sites excluding steroid dienone is 6. The Kier molecular flexibility index (Phi) is 35.8. The third-order valence-electron chi connectivity index (χ3n) is 9.76. The fourth-order valence-electron chi connectivity index (χ4n) is 6.29. The fraction of sp³-hybridized carbons (Fsp3) is 0.804. The standard InChI is InChI=1S/C46H83NO7/c1-6-8-10-12-14-15-16-17-18-19-20-21-22-23-24-25-26-27-28-29-31-32-34-36-44(48)53-41-42(40-52-39-38-43(46(50)51)47(3,4)5)54-45(49)37-35-33-30-13-11-9-7-2/h20-21,23-24,30,33,42-43H,6-19,22,25-29,31-32,34-41H2,1-5H3/b21-20+,24-23+,33-30+. The van der Waals surface area contributed by atoms with Gasteiger partial charge >= 0.3 is 11.9 Å². The number of nitrogens with zero attached hydrogens (tertiary/aromatic N) is 1. The van der Waals surface area contributed by atoms with E-state index in [2.05, 4.69) is 44.2 Å². The molecule has 0 spiro atoms. The molecule has 0 saturated heterocycles. The van der Waals surface area contributed by atoms with Gasteiger partial charge in [0.2, 0.25) is 0 Å². The largest absolute Gasteiger partial charge is 0.544 e. The number of hydrogen-bond acceptors (Lipinski definition) is 7. The molecule has 0 aliphatic heterocycles. The van der Waals surface area contributed by atoms with Crippen molar-refractivity contribution in [1.29, 1.82) is 0 Å². The zero-order chi connectivity index (χ0) is 40.0. The Morgan fingerprint density at radius 3 is 1.56 bits per heavy atom. The zero-order valence-electron chi connectivity index (χ0n) is 35.6. The Hall–Kier alpha value is -2.45. The highest BCUT2D eigenvalue weighted by Gasteiger charge is 2.25. The first-order valence-electron chi connectivity index (χ1n) is 22.0. The van der Waals surface area contributed by atoms with Gasteiger partial charge in [0.1, 0.15) is 12.6 Å². The molecule has 0 radical (unpaired) electrons. The van der Waals surface area contributed by atoms with Gasteiger partial charge in [0, 0.05) is 19.3 Å². The summed E-state index contributed by atoms with van der Waals surface area (Å²) in [5, 5.41) is 11.6. The van der Waals surface area contributed by atoms with Crippen molar-refractivity contribution in [2.24, 2.45) is 0 Å². The summed E-state index contributed by atoms with van der Waals surface area (Å²) in [6.07, 6.45) is 42.1. The molecule has 2 atom stereocenters. The van der Waals surface area contributed by atoms with E-state index in [4.69, 9.17) is 14.2 Å². The molecule has 0 bridgehead atoms. The van der Waals surface area contributed by atoms with Gasteiger partial charge < -0.3 is 28.6 Å². The van der Waals surface area contributed by atoms with Gasteiger partial charge in [-0.05, 0) is 57.8 Å². The molecule has 8 nitrogen and oxygen atoms in total. The van der Waals surface area contributed by atoms with Crippen LogP contribution < -0.4 is 5.11 Å². The minimum absolute atomic E-state index is 0.0229. The first-order chi connectivity index (χ1) is 26.1. The monoisotopic (exact) mass is 762 g/mol. The number of aliphatic carboxylic acids is 1. The molecule has 0 amide bonds. The molecule has 2 unspecified atom stereocenters. The van der Waals surface area contributed by atoms with Crippen LogP contribution in [0.25, 0.3) is 0 Å². The van der Waals surface area contributed by atoms with Crippen LogP contribution in [-0.2, 0) is 28.6 Å². The van der Waals surface area contributed by atoms with E-state index in [0.29, 0.717) is 12.8 Å². The molecule has 0 aromatic rings. The van der Waals surface area contributed by atoms with Gasteiger partial charge in [-0.3, -0.25) is 9.59 Å². The summed E-state index contributed by atoms with van der Waals surface area (Å²) in [5.74, 6) is -1.81. The van der Waals surface area contributed by atoms with Gasteiger partial charge in [0.05, 0.1) is 40.3 Å². The summed E-state index contributed by atoms with van der Waals surface area (Å²) in [6.45, 7) is 4.54. The van der Waals surface area contributed by atoms with Crippen LogP contribution in [0.4, 0.5) is 0 Å². The number of unbranched alkanes of at least 4 members (excludes halogenated alkanes) is 19. The maximum Gasteiger partial charge on any atom is 0.306 e. The molecule has 8 heteroatoms. The molecule has 54 heavy (non-hydrogen) atoms. The molecule has 0 rings (SSSR count). The maximum atomic E-state index is 12.5. The van der Waals surface area contributed by atoms with Crippen molar-refractivity contribution in [2.45, 2.75) is 199 Å². The third kappa shape index (κ3) is 35.3. The van der Waals surface area contributed by atoms with Crippen LogP contribution in [0.3, 0.4) is 0 Å². The minimum Gasteiger partial charge on any atom is -0.544 e. The smallest absolute Gasteiger partial charge is 0.306 e. The van der Waals surface area contributed by atoms with Crippen LogP contribution in [0.15, 0.2) is 36.5 Å². The molecule has 0 aromatic heterocycles. The Bertz CT molecular complexity index is 984. The lowest BCUT2D eigenvalue weighted by Gasteiger charge is -2.34. The van der Waals surface area contributed by atoms with Crippen molar-refractivity contribution < 1.29 is 38.2 Å². The van der Waals surface area contributed by atoms with Gasteiger partial charge in [-0.2, -0.15) is 0 Å². The second-order valence-electron chi connectivity index (χ2n) is 15.9. The van der Waals surface area contributed by atoms with E-state index in [1.807, 2.05) is 6.08 Å². The van der Waals surface area contributed by atoms with Crippen LogP contribution in [0.1, 0.15) is 187 Å². The lowest BCUT2D eigenvalue weighted by atomic mass is 10.1. The number of likely N-dealkylation sites (N-methyl/N-ethyl adjacent to an activating group) is 1. The van der Waals surface area contributed by atoms with Crippen LogP contribution in [-0.4, -0.2) is 75.5 Å². The van der Waals surface area contributed by atoms with E-state index in [1.165, 1.54) is 103 Å². The van der Waals surface area contributed by atoms with E-state index in [1.54, 1.807) is 21.1 Å². The van der Waals surface area contributed by atoms with E-state index >= 15 is 0 Å². The third-order valence-corrected chi connectivity index (χ3v) is 9.76. The normalized spacial score (nSPS) is 13.3. The Morgan fingerprint density at radius 1 is 0.556 bits per heavy atom. The molecular weight excluding hydrogens is 679 g/mol. The predicted octanol–water partition coefficient (Wildman–Crippen LogP) is 10.5. The number of rotatable bonds is 39. The van der Waals surface area contributed by atoms with E-state index in [0.717, 1.165) is 44.9 Å². The summed E-state index contributed by atoms with van der Waals surface area (Å²) in [4.78, 5) is 36.6. The number of carbonyl (C=O) groups excluding carboxylic acids is 3. The highest BCUT2D eigenvalue weighted by atomic mass is 16.6. The van der Waals surface area contributed by atoms with Gasteiger partial charge in [-0.15, -0.1) is 0 Å². The van der Waals surface area contributed by atoms with Crippen molar-refractivity contribution in [3.63, 3.8) is 0 Å². The lowest BCUT2D eigenvalue weighted by molar-refractivity contribution is -0.889. The second kappa shape index (κ2) is 37.5. The number of ether oxygens (including phenoxy) is 3. The van der Waals surface area contributed by atoms with Crippen LogP contribution in [0.5, 0.6) is 0 Å². The van der Waals surface area contributed by atoms with Gasteiger partial charge in [0.25, 0.3) is 0 Å². The topological polar surface area (TPSA) is 102 Å². The van der Waals surface area contributed by atoms with Gasteiger partial charge in [-0.25, -0.2) is 0 Å². The van der Waals surface area contributed by atoms with E-state index < -0.39 is 18.1 Å². The number of carboxylic acids is 1. The SMILES string of the molecule is CCCCC/C=C/CCC(=O)OC(COCCC(C(=O)[O-])[N+](C)(C)C)COC(=O)CCCCCCCCC/C=C/C/C=C/CCCCCCCCCCC. The summed E-state index contributed by atoms with van der Waals surface area (Å²) in [7, 11) is 5.38. The van der Waals surface area contributed by atoms with Gasteiger partial charge in [0.15, 0.2) is 6.10 Å². The number of carboxylic acid groups (broad SMARTS) is 1. The molecular formula is C46H83NO7. The van der Waals surface area contributed by atoms with E-state index in [-0.39, 0.29) is 49.1 Å². The van der Waals surface area contributed by atoms with Crippen molar-refractivity contribution in [3.05, 3.63) is 36.5 Å². The van der Waals surface area contributed by atoms with Gasteiger partial charge in [-0.1, -0.05) is 147 Å². The van der Waals surface area contributed by atoms with E-state index in [9.17, 15) is 19.5 Å². The Morgan fingerprint density at radius 2 is 1.02 bits per heavy atom. The highest BCUT2D eigenvalue weighted by Crippen LogP contribution is 2.13. The lowest BCUT2D eigenvalue weighted by Crippen LogP contribution is -2.55. The summed E-state index contributed by atoms with van der Waals surface area (Å²) < 4.78 is 17.0. The zero-order valence-corrected chi connectivity index (χ0v) is 35.6. The quantitative estimate of drug-likeness (QED) is 0.0266. The average molecular weight is 762 g/mol. The number of carbonyl (C=O) groups is 3. The molecule has 314 valence electrons. The first kappa shape index (κ1) is 51.5. The van der Waals surface area contributed by atoms with Crippen LogP contribution in [0.2, 0.25) is 0 Å². The van der Waals surface area contributed by atoms with Crippen molar-refractivity contribution in [2.75, 3.05) is 41.0 Å². The van der Waals surface area contributed by atoms with Crippen LogP contribution >= 0.6 is 0 Å². The molecule has 0 saturated carbocycles. The van der Waals surface area contributed by atoms with Crippen molar-refractivity contribution in [1.82, 2.24) is 0 Å².